The van der Waals surface area contributed by atoms with E-state index in [4.69, 9.17) is 0 Å². The predicted octanol–water partition coefficient (Wildman–Crippen LogP) is 4.19. The van der Waals surface area contributed by atoms with Crippen LogP contribution in [0.15, 0.2) is 27.4 Å². The van der Waals surface area contributed by atoms with E-state index in [0.29, 0.717) is 6.04 Å². The van der Waals surface area contributed by atoms with Gasteiger partial charge in [-0.15, -0.1) is 22.7 Å². The van der Waals surface area contributed by atoms with Crippen molar-refractivity contribution >= 4 is 38.6 Å². The van der Waals surface area contributed by atoms with E-state index < -0.39 is 0 Å². The molecule has 1 atom stereocenters. The summed E-state index contributed by atoms with van der Waals surface area (Å²) in [6, 6.07) is 4.71. The van der Waals surface area contributed by atoms with Crippen molar-refractivity contribution in [1.29, 1.82) is 0 Å². The van der Waals surface area contributed by atoms with E-state index in [2.05, 4.69) is 51.1 Å². The predicted molar refractivity (Wildman–Crippen MR) is 72.0 cm³/mol. The SMILES string of the molecule is CNC(c1cc(Br)cs1)c1ccsc1C. The number of halogens is 1. The smallest absolute Gasteiger partial charge is 0.0679 e. The van der Waals surface area contributed by atoms with Gasteiger partial charge in [-0.25, -0.2) is 0 Å². The van der Waals surface area contributed by atoms with Gasteiger partial charge in [0, 0.05) is 19.6 Å². The standard InChI is InChI=1S/C11H12BrNS2/c1-7-9(3-4-14-7)11(13-2)10-5-8(12)6-15-10/h3-6,11,13H,1-2H3. The highest BCUT2D eigenvalue weighted by Crippen LogP contribution is 2.32. The molecule has 4 heteroatoms. The van der Waals surface area contributed by atoms with Gasteiger partial charge in [0.15, 0.2) is 0 Å². The fraction of sp³-hybridized carbons (Fsp3) is 0.273. The molecular formula is C11H12BrNS2. The van der Waals surface area contributed by atoms with Crippen molar-refractivity contribution in [2.45, 2.75) is 13.0 Å². The monoisotopic (exact) mass is 301 g/mol. The van der Waals surface area contributed by atoms with Crippen molar-refractivity contribution in [2.24, 2.45) is 0 Å². The quantitative estimate of drug-likeness (QED) is 0.896. The van der Waals surface area contributed by atoms with Crippen LogP contribution in [-0.4, -0.2) is 7.05 Å². The zero-order chi connectivity index (χ0) is 10.8. The molecule has 0 aliphatic heterocycles. The van der Waals surface area contributed by atoms with Crippen LogP contribution in [0.3, 0.4) is 0 Å². The average molecular weight is 302 g/mol. The van der Waals surface area contributed by atoms with Gasteiger partial charge >= 0.3 is 0 Å². The minimum Gasteiger partial charge on any atom is -0.309 e. The third kappa shape index (κ3) is 2.33. The van der Waals surface area contributed by atoms with Crippen LogP contribution in [0.2, 0.25) is 0 Å². The van der Waals surface area contributed by atoms with E-state index in [9.17, 15) is 0 Å². The topological polar surface area (TPSA) is 12.0 Å². The molecule has 2 rings (SSSR count). The highest BCUT2D eigenvalue weighted by atomic mass is 79.9. The van der Waals surface area contributed by atoms with E-state index in [-0.39, 0.29) is 0 Å². The van der Waals surface area contributed by atoms with Crippen LogP contribution in [-0.2, 0) is 0 Å². The largest absolute Gasteiger partial charge is 0.309 e. The molecule has 1 N–H and O–H groups in total. The lowest BCUT2D eigenvalue weighted by molar-refractivity contribution is 0.703. The van der Waals surface area contributed by atoms with Crippen LogP contribution < -0.4 is 5.32 Å². The van der Waals surface area contributed by atoms with Crippen LogP contribution in [0.4, 0.5) is 0 Å². The lowest BCUT2D eigenvalue weighted by Crippen LogP contribution is -2.16. The van der Waals surface area contributed by atoms with Gasteiger partial charge in [0.05, 0.1) is 6.04 Å². The molecule has 0 bridgehead atoms. The molecule has 1 unspecified atom stereocenters. The molecule has 2 aromatic heterocycles. The Balaban J connectivity index is 2.36. The Morgan fingerprint density at radius 1 is 1.40 bits per heavy atom. The van der Waals surface area contributed by atoms with E-state index >= 15 is 0 Å². The lowest BCUT2D eigenvalue weighted by atomic mass is 10.1. The first-order chi connectivity index (χ1) is 7.22. The molecule has 0 spiro atoms. The Morgan fingerprint density at radius 2 is 2.20 bits per heavy atom. The second-order valence-electron chi connectivity index (χ2n) is 3.32. The van der Waals surface area contributed by atoms with Crippen LogP contribution in [0.1, 0.15) is 21.4 Å². The maximum absolute atomic E-state index is 3.50. The van der Waals surface area contributed by atoms with Crippen molar-refractivity contribution in [1.82, 2.24) is 5.32 Å². The van der Waals surface area contributed by atoms with Crippen LogP contribution in [0.5, 0.6) is 0 Å². The van der Waals surface area contributed by atoms with Gasteiger partial charge < -0.3 is 5.32 Å². The molecule has 15 heavy (non-hydrogen) atoms. The van der Waals surface area contributed by atoms with Crippen molar-refractivity contribution in [3.8, 4) is 0 Å². The molecule has 0 saturated heterocycles. The molecule has 2 heterocycles. The Labute approximate surface area is 106 Å². The normalized spacial score (nSPS) is 13.0. The maximum atomic E-state index is 3.50. The summed E-state index contributed by atoms with van der Waals surface area (Å²) >= 11 is 7.08. The second kappa shape index (κ2) is 4.78. The molecule has 0 aliphatic carbocycles. The van der Waals surface area contributed by atoms with Crippen LogP contribution in [0, 0.1) is 6.92 Å². The summed E-state index contributed by atoms with van der Waals surface area (Å²) in [5.74, 6) is 0. The molecule has 0 amide bonds. The minimum absolute atomic E-state index is 0.326. The van der Waals surface area contributed by atoms with E-state index in [1.165, 1.54) is 15.3 Å². The minimum atomic E-state index is 0.326. The molecule has 0 aliphatic rings. The molecule has 2 aromatic rings. The zero-order valence-electron chi connectivity index (χ0n) is 8.58. The third-order valence-corrected chi connectivity index (χ3v) is 4.99. The van der Waals surface area contributed by atoms with Crippen molar-refractivity contribution in [2.75, 3.05) is 7.05 Å². The summed E-state index contributed by atoms with van der Waals surface area (Å²) in [7, 11) is 2.01. The maximum Gasteiger partial charge on any atom is 0.0679 e. The third-order valence-electron chi connectivity index (χ3n) is 2.37. The van der Waals surface area contributed by atoms with Gasteiger partial charge in [0.2, 0.25) is 0 Å². The summed E-state index contributed by atoms with van der Waals surface area (Å²) < 4.78 is 1.16. The lowest BCUT2D eigenvalue weighted by Gasteiger charge is -2.14. The second-order valence-corrected chi connectivity index (χ2v) is 6.30. The number of hydrogen-bond donors (Lipinski definition) is 1. The van der Waals surface area contributed by atoms with Gasteiger partial charge in [0.25, 0.3) is 0 Å². The van der Waals surface area contributed by atoms with Gasteiger partial charge in [-0.1, -0.05) is 0 Å². The van der Waals surface area contributed by atoms with Crippen molar-refractivity contribution in [3.63, 3.8) is 0 Å². The summed E-state index contributed by atoms with van der Waals surface area (Å²) in [5.41, 5.74) is 1.39. The highest BCUT2D eigenvalue weighted by molar-refractivity contribution is 9.10. The van der Waals surface area contributed by atoms with Crippen LogP contribution in [0.25, 0.3) is 0 Å². The first-order valence-corrected chi connectivity index (χ1v) is 7.22. The molecule has 80 valence electrons. The summed E-state index contributed by atoms with van der Waals surface area (Å²) in [6.07, 6.45) is 0. The Morgan fingerprint density at radius 3 is 2.67 bits per heavy atom. The molecule has 0 saturated carbocycles. The highest BCUT2D eigenvalue weighted by Gasteiger charge is 2.16. The van der Waals surface area contributed by atoms with E-state index in [1.54, 1.807) is 22.7 Å². The van der Waals surface area contributed by atoms with Gasteiger partial charge in [-0.05, 0) is 53.0 Å². The van der Waals surface area contributed by atoms with Gasteiger partial charge in [-0.3, -0.25) is 0 Å². The molecule has 0 aromatic carbocycles. The Hall–Kier alpha value is -0.160. The van der Waals surface area contributed by atoms with Crippen molar-refractivity contribution in [3.05, 3.63) is 42.7 Å². The molecule has 0 radical (unpaired) electrons. The first kappa shape index (κ1) is 11.3. The fourth-order valence-corrected chi connectivity index (χ4v) is 3.94. The number of aryl methyl sites for hydroxylation is 1. The number of nitrogens with one attached hydrogen (secondary N) is 1. The van der Waals surface area contributed by atoms with Crippen LogP contribution >= 0.6 is 38.6 Å². The summed E-state index contributed by atoms with van der Waals surface area (Å²) in [4.78, 5) is 2.74. The van der Waals surface area contributed by atoms with Gasteiger partial charge in [-0.2, -0.15) is 0 Å². The fourth-order valence-electron chi connectivity index (χ4n) is 1.62. The summed E-state index contributed by atoms with van der Waals surface area (Å²) in [6.45, 7) is 2.17. The molecular weight excluding hydrogens is 290 g/mol. The average Bonchev–Trinajstić information content (AvgIpc) is 2.79. The number of thiophene rings is 2. The van der Waals surface area contributed by atoms with E-state index in [0.717, 1.165) is 4.47 Å². The molecule has 1 nitrogen and oxygen atoms in total. The number of hydrogen-bond acceptors (Lipinski definition) is 3. The zero-order valence-corrected chi connectivity index (χ0v) is 11.8. The first-order valence-electron chi connectivity index (χ1n) is 4.67. The Bertz CT molecular complexity index is 447. The number of rotatable bonds is 3. The van der Waals surface area contributed by atoms with Gasteiger partial charge in [0.1, 0.15) is 0 Å². The van der Waals surface area contributed by atoms with E-state index in [1.807, 2.05) is 7.05 Å². The Kier molecular flexibility index (Phi) is 3.61. The van der Waals surface area contributed by atoms with Crippen molar-refractivity contribution < 1.29 is 0 Å². The molecule has 0 fully saturated rings. The summed E-state index contributed by atoms with van der Waals surface area (Å²) in [5, 5.41) is 7.65.